The van der Waals surface area contributed by atoms with Gasteiger partial charge in [-0.3, -0.25) is 4.79 Å². The summed E-state index contributed by atoms with van der Waals surface area (Å²) in [7, 11) is -1.91. The molecule has 0 saturated carbocycles. The lowest BCUT2D eigenvalue weighted by Crippen LogP contribution is -2.37. The molecule has 0 unspecified atom stereocenters. The van der Waals surface area contributed by atoms with E-state index in [1.807, 2.05) is 6.07 Å². The summed E-state index contributed by atoms with van der Waals surface area (Å²) >= 11 is 0. The molecule has 1 heterocycles. The molecule has 0 aliphatic heterocycles. The maximum absolute atomic E-state index is 12.2. The first-order valence-corrected chi connectivity index (χ1v) is 7.88. The highest BCUT2D eigenvalue weighted by atomic mass is 32.2. The molecule has 20 heavy (non-hydrogen) atoms. The number of hydrogen-bond donors (Lipinski definition) is 1. The number of aromatic nitrogens is 2. The molecule has 1 N–H and O–H groups in total. The van der Waals surface area contributed by atoms with Gasteiger partial charge in [-0.2, -0.15) is 0 Å². The van der Waals surface area contributed by atoms with Crippen molar-refractivity contribution in [2.75, 3.05) is 5.75 Å². The van der Waals surface area contributed by atoms with Crippen molar-refractivity contribution < 1.29 is 17.9 Å². The first-order valence-electron chi connectivity index (χ1n) is 6.23. The molecule has 2 aromatic rings. The van der Waals surface area contributed by atoms with E-state index in [0.29, 0.717) is 17.3 Å². The number of benzene rings is 1. The number of rotatable bonds is 4. The summed E-state index contributed by atoms with van der Waals surface area (Å²) in [5.41, 5.74) is 0.924. The minimum Gasteiger partial charge on any atom is -0.268 e. The summed E-state index contributed by atoms with van der Waals surface area (Å²) in [6.45, 7) is 1.74. The maximum Gasteiger partial charge on any atom is 0.271 e. The molecule has 6 nitrogen and oxygen atoms in total. The molecule has 1 amide bonds. The van der Waals surface area contributed by atoms with E-state index in [1.165, 1.54) is 10.9 Å². The van der Waals surface area contributed by atoms with Gasteiger partial charge in [-0.1, -0.05) is 29.8 Å². The van der Waals surface area contributed by atoms with Gasteiger partial charge >= 0.3 is 0 Å². The van der Waals surface area contributed by atoms with Crippen LogP contribution in [0.2, 0.25) is 0 Å². The van der Waals surface area contributed by atoms with Crippen LogP contribution < -0.4 is 9.40 Å². The number of hydrogen-bond acceptors (Lipinski definition) is 4. The topological polar surface area (TPSA) is 80.0 Å². The van der Waals surface area contributed by atoms with Gasteiger partial charge in [0.05, 0.1) is 5.75 Å². The van der Waals surface area contributed by atoms with Gasteiger partial charge in [0.25, 0.3) is 5.91 Å². The molecule has 7 heteroatoms. The molecule has 0 radical (unpaired) electrons. The lowest BCUT2D eigenvalue weighted by Gasteiger charge is -2.06. The predicted molar refractivity (Wildman–Crippen MR) is 74.5 cm³/mol. The molecule has 0 aliphatic carbocycles. The Hall–Kier alpha value is -2.02. The van der Waals surface area contributed by atoms with Gasteiger partial charge in [0.1, 0.15) is 11.1 Å². The van der Waals surface area contributed by atoms with E-state index in [-0.39, 0.29) is 11.3 Å². The molecule has 2 rings (SSSR count). The Balaban J connectivity index is 2.45. The summed E-state index contributed by atoms with van der Waals surface area (Å²) in [6, 6.07) is 7.10. The fourth-order valence-corrected chi connectivity index (χ4v) is 2.97. The van der Waals surface area contributed by atoms with Gasteiger partial charge in [0.2, 0.25) is 16.2 Å². The first-order chi connectivity index (χ1) is 9.43. The summed E-state index contributed by atoms with van der Waals surface area (Å²) in [5, 5.41) is 4.86. The van der Waals surface area contributed by atoms with Crippen molar-refractivity contribution in [3.05, 3.63) is 36.0 Å². The second-order valence-electron chi connectivity index (χ2n) is 4.48. The highest BCUT2D eigenvalue weighted by molar-refractivity contribution is 7.90. The Morgan fingerprint density at radius 2 is 2.05 bits per heavy atom. The zero-order chi connectivity index (χ0) is 14.8. The van der Waals surface area contributed by atoms with Gasteiger partial charge in [-0.15, -0.1) is 0 Å². The number of nitrogens with zero attached hydrogens (tertiary/aromatic N) is 2. The van der Waals surface area contributed by atoms with Gasteiger partial charge in [0.15, 0.2) is 7.05 Å². The molecular weight excluding hydrogens is 278 g/mol. The fourth-order valence-electron chi connectivity index (χ4n) is 1.94. The van der Waals surface area contributed by atoms with Crippen LogP contribution in [0.5, 0.6) is 0 Å². The second-order valence-corrected chi connectivity index (χ2v) is 6.33. The van der Waals surface area contributed by atoms with E-state index in [9.17, 15) is 13.2 Å². The number of aryl methyl sites for hydroxylation is 1. The van der Waals surface area contributed by atoms with Gasteiger partial charge in [-0.25, -0.2) is 13.1 Å². The van der Waals surface area contributed by atoms with E-state index in [1.54, 1.807) is 32.2 Å². The van der Waals surface area contributed by atoms with Crippen LogP contribution >= 0.6 is 0 Å². The van der Waals surface area contributed by atoms with Crippen LogP contribution in [-0.2, 0) is 17.1 Å². The first kappa shape index (κ1) is 14.4. The molecule has 0 saturated heterocycles. The standard InChI is InChI=1S/C13H15N3O3S/c1-3-8-20(18,19)15-13(17)11-9-16(2)14-12-7-5-4-6-10(11)12/h4-7,9H,3,8H2,1-2H3/p+1. The van der Waals surface area contributed by atoms with Crippen LogP contribution in [0.25, 0.3) is 10.9 Å². The van der Waals surface area contributed by atoms with Crippen molar-refractivity contribution in [2.45, 2.75) is 13.3 Å². The Morgan fingerprint density at radius 3 is 2.75 bits per heavy atom. The van der Waals surface area contributed by atoms with Crippen LogP contribution in [0, 0.1) is 0 Å². The van der Waals surface area contributed by atoms with E-state index >= 15 is 0 Å². The molecule has 106 valence electrons. The number of carbonyl (C=O) groups is 1. The van der Waals surface area contributed by atoms with Crippen molar-refractivity contribution in [3.63, 3.8) is 0 Å². The van der Waals surface area contributed by atoms with Gasteiger partial charge in [0, 0.05) is 5.39 Å². The average Bonchev–Trinajstić information content (AvgIpc) is 2.36. The van der Waals surface area contributed by atoms with E-state index in [0.717, 1.165) is 0 Å². The molecule has 0 spiro atoms. The third kappa shape index (κ3) is 3.11. The largest absolute Gasteiger partial charge is 0.271 e. The lowest BCUT2D eigenvalue weighted by molar-refractivity contribution is -0.728. The van der Waals surface area contributed by atoms with Crippen molar-refractivity contribution in [1.29, 1.82) is 0 Å². The van der Waals surface area contributed by atoms with Crippen LogP contribution in [0.3, 0.4) is 0 Å². The van der Waals surface area contributed by atoms with Gasteiger partial charge in [-0.05, 0) is 17.6 Å². The second kappa shape index (κ2) is 5.54. The SMILES string of the molecule is CCCS(=O)(=O)NC(=O)c1c[n+](C)nc2ccccc12. The van der Waals surface area contributed by atoms with Crippen LogP contribution in [0.4, 0.5) is 0 Å². The predicted octanol–water partition coefficient (Wildman–Crippen LogP) is 0.529. The average molecular weight is 294 g/mol. The Bertz CT molecular complexity index is 757. The number of carbonyl (C=O) groups excluding carboxylic acids is 1. The Morgan fingerprint density at radius 1 is 1.35 bits per heavy atom. The Kier molecular flexibility index (Phi) is 3.99. The quantitative estimate of drug-likeness (QED) is 0.834. The smallest absolute Gasteiger partial charge is 0.268 e. The highest BCUT2D eigenvalue weighted by Gasteiger charge is 2.20. The molecule has 0 atom stereocenters. The van der Waals surface area contributed by atoms with E-state index in [4.69, 9.17) is 0 Å². The highest BCUT2D eigenvalue weighted by Crippen LogP contribution is 2.14. The fraction of sp³-hybridized carbons (Fsp3) is 0.308. The molecule has 0 bridgehead atoms. The molecular formula is C13H16N3O3S+. The third-order valence-corrected chi connectivity index (χ3v) is 4.18. The van der Waals surface area contributed by atoms with E-state index in [2.05, 4.69) is 9.82 Å². The van der Waals surface area contributed by atoms with Crippen molar-refractivity contribution in [3.8, 4) is 0 Å². The lowest BCUT2D eigenvalue weighted by atomic mass is 10.1. The number of nitrogens with one attached hydrogen (secondary N) is 1. The number of fused-ring (bicyclic) bond motifs is 1. The van der Waals surface area contributed by atoms with Crippen molar-refractivity contribution in [2.24, 2.45) is 7.05 Å². The summed E-state index contributed by atoms with van der Waals surface area (Å²) in [5.74, 6) is -0.707. The normalized spacial score (nSPS) is 11.5. The van der Waals surface area contributed by atoms with Crippen LogP contribution in [0.15, 0.2) is 30.5 Å². The minimum absolute atomic E-state index is 0.0755. The van der Waals surface area contributed by atoms with Crippen molar-refractivity contribution >= 4 is 26.8 Å². The summed E-state index contributed by atoms with van der Waals surface area (Å²) in [4.78, 5) is 12.2. The monoisotopic (exact) mass is 294 g/mol. The third-order valence-electron chi connectivity index (χ3n) is 2.74. The summed E-state index contributed by atoms with van der Waals surface area (Å²) in [6.07, 6.45) is 1.96. The van der Waals surface area contributed by atoms with Gasteiger partial charge < -0.3 is 0 Å². The van der Waals surface area contributed by atoms with E-state index < -0.39 is 15.9 Å². The van der Waals surface area contributed by atoms with Crippen LogP contribution in [0.1, 0.15) is 23.7 Å². The minimum atomic E-state index is -3.59. The number of sulfonamides is 1. The molecule has 1 aromatic carbocycles. The van der Waals surface area contributed by atoms with Crippen LogP contribution in [-0.4, -0.2) is 25.2 Å². The van der Waals surface area contributed by atoms with Crippen molar-refractivity contribution in [1.82, 2.24) is 9.82 Å². The zero-order valence-corrected chi connectivity index (χ0v) is 12.1. The number of amides is 1. The summed E-state index contributed by atoms with van der Waals surface area (Å²) < 4.78 is 26.9. The molecule has 0 fully saturated rings. The maximum atomic E-state index is 12.2. The molecule has 0 aliphatic rings. The Labute approximate surface area is 117 Å². The zero-order valence-electron chi connectivity index (χ0n) is 11.3. The molecule has 1 aromatic heterocycles.